The number of aliphatic hydroxyl groups is 1. The Kier molecular flexibility index (Phi) is 5.02. The third-order valence-electron chi connectivity index (χ3n) is 4.45. The average Bonchev–Trinajstić information content (AvgIpc) is 2.63. The molecule has 1 aromatic carbocycles. The van der Waals surface area contributed by atoms with Gasteiger partial charge in [0.15, 0.2) is 0 Å². The Morgan fingerprint density at radius 2 is 2.00 bits per heavy atom. The van der Waals surface area contributed by atoms with Gasteiger partial charge in [-0.2, -0.15) is 0 Å². The average molecular weight is 347 g/mol. The van der Waals surface area contributed by atoms with Gasteiger partial charge in [-0.05, 0) is 49.1 Å². The summed E-state index contributed by atoms with van der Waals surface area (Å²) in [6, 6.07) is 9.93. The topological polar surface area (TPSA) is 73.7 Å². The maximum Gasteiger partial charge on any atom is 0.257 e. The predicted octanol–water partition coefficient (Wildman–Crippen LogP) is 3.03. The fraction of sp³-hybridized carbons (Fsp3) is 0.333. The number of hydrogen-bond acceptors (Lipinski definition) is 4. The number of aliphatic hydroxyl groups excluding tert-OH is 1. The Morgan fingerprint density at radius 1 is 1.25 bits per heavy atom. The molecule has 1 aliphatic heterocycles. The van der Waals surface area contributed by atoms with Crippen LogP contribution in [0.4, 0.5) is 0 Å². The highest BCUT2D eigenvalue weighted by Crippen LogP contribution is 2.31. The number of benzene rings is 1. The van der Waals surface area contributed by atoms with E-state index in [0.717, 1.165) is 0 Å². The number of piperidine rings is 1. The lowest BCUT2D eigenvalue weighted by molar-refractivity contribution is 0.0446. The molecular weight excluding hydrogens is 328 g/mol. The molecule has 2 N–H and O–H groups in total. The van der Waals surface area contributed by atoms with Crippen molar-refractivity contribution in [3.8, 4) is 5.75 Å². The lowest BCUT2D eigenvalue weighted by atomic mass is 9.89. The minimum absolute atomic E-state index is 0.0666. The number of pyridine rings is 1. The lowest BCUT2D eigenvalue weighted by Crippen LogP contribution is -2.39. The summed E-state index contributed by atoms with van der Waals surface area (Å²) in [7, 11) is 0. The van der Waals surface area contributed by atoms with Gasteiger partial charge in [-0.15, -0.1) is 0 Å². The Bertz CT molecular complexity index is 715. The van der Waals surface area contributed by atoms with Crippen LogP contribution in [0.5, 0.6) is 5.75 Å². The van der Waals surface area contributed by atoms with Gasteiger partial charge in [0.25, 0.3) is 5.91 Å². The van der Waals surface area contributed by atoms with Crippen LogP contribution in [0.3, 0.4) is 0 Å². The molecule has 5 nitrogen and oxygen atoms in total. The van der Waals surface area contributed by atoms with Gasteiger partial charge in [-0.3, -0.25) is 9.78 Å². The Morgan fingerprint density at radius 3 is 2.67 bits per heavy atom. The van der Waals surface area contributed by atoms with Crippen LogP contribution in [-0.2, 0) is 0 Å². The molecule has 1 unspecified atom stereocenters. The van der Waals surface area contributed by atoms with Gasteiger partial charge in [0.1, 0.15) is 5.75 Å². The molecule has 6 heteroatoms. The zero-order valence-electron chi connectivity index (χ0n) is 13.1. The van der Waals surface area contributed by atoms with E-state index in [-0.39, 0.29) is 23.1 Å². The van der Waals surface area contributed by atoms with E-state index in [1.54, 1.807) is 17.2 Å². The molecule has 0 aliphatic carbocycles. The summed E-state index contributed by atoms with van der Waals surface area (Å²) in [4.78, 5) is 18.4. The lowest BCUT2D eigenvalue weighted by Gasteiger charge is -2.34. The van der Waals surface area contributed by atoms with E-state index in [1.165, 1.54) is 12.1 Å². The normalized spacial score (nSPS) is 16.8. The second kappa shape index (κ2) is 7.20. The molecule has 1 aliphatic rings. The molecule has 0 radical (unpaired) electrons. The second-order valence-electron chi connectivity index (χ2n) is 5.99. The van der Waals surface area contributed by atoms with Crippen LogP contribution in [0.25, 0.3) is 0 Å². The highest BCUT2D eigenvalue weighted by atomic mass is 35.5. The van der Waals surface area contributed by atoms with Crippen molar-refractivity contribution < 1.29 is 15.0 Å². The highest BCUT2D eigenvalue weighted by Gasteiger charge is 2.30. The fourth-order valence-corrected chi connectivity index (χ4v) is 3.23. The summed E-state index contributed by atoms with van der Waals surface area (Å²) in [6.45, 7) is 1.05. The summed E-state index contributed by atoms with van der Waals surface area (Å²) in [6.07, 6.45) is 2.41. The third kappa shape index (κ3) is 3.52. The Balaban J connectivity index is 1.64. The largest absolute Gasteiger partial charge is 0.507 e. The summed E-state index contributed by atoms with van der Waals surface area (Å²) < 4.78 is 0. The van der Waals surface area contributed by atoms with Crippen LogP contribution in [0.1, 0.15) is 35.0 Å². The van der Waals surface area contributed by atoms with Crippen molar-refractivity contribution in [3.63, 3.8) is 0 Å². The van der Waals surface area contributed by atoms with Crippen molar-refractivity contribution in [2.45, 2.75) is 18.9 Å². The number of carbonyl (C=O) groups is 1. The van der Waals surface area contributed by atoms with Crippen LogP contribution >= 0.6 is 11.6 Å². The van der Waals surface area contributed by atoms with Crippen LogP contribution in [-0.4, -0.2) is 39.1 Å². The fourth-order valence-electron chi connectivity index (χ4n) is 3.06. The number of aromatic hydroxyl groups is 1. The van der Waals surface area contributed by atoms with Gasteiger partial charge >= 0.3 is 0 Å². The first-order valence-corrected chi connectivity index (χ1v) is 8.31. The number of phenolic OH excluding ortho intramolecular Hbond substituents is 1. The minimum atomic E-state index is -0.622. The summed E-state index contributed by atoms with van der Waals surface area (Å²) in [5.41, 5.74) is 0.876. The van der Waals surface area contributed by atoms with Crippen molar-refractivity contribution >= 4 is 17.5 Å². The SMILES string of the molecule is O=C(c1cc(Cl)ccc1O)N1CCC(C(O)c2ccccn2)CC1. The molecule has 1 saturated heterocycles. The van der Waals surface area contributed by atoms with Crippen molar-refractivity contribution in [2.75, 3.05) is 13.1 Å². The molecule has 0 spiro atoms. The van der Waals surface area contributed by atoms with E-state index in [0.29, 0.717) is 36.6 Å². The van der Waals surface area contributed by atoms with Gasteiger partial charge in [0, 0.05) is 24.3 Å². The summed E-state index contributed by atoms with van der Waals surface area (Å²) >= 11 is 5.91. The van der Waals surface area contributed by atoms with Gasteiger partial charge in [-0.1, -0.05) is 17.7 Å². The Hall–Kier alpha value is -2.11. The minimum Gasteiger partial charge on any atom is -0.507 e. The van der Waals surface area contributed by atoms with Crippen LogP contribution in [0.15, 0.2) is 42.6 Å². The number of hydrogen-bond donors (Lipinski definition) is 2. The van der Waals surface area contributed by atoms with Gasteiger partial charge in [0.2, 0.25) is 0 Å². The molecule has 126 valence electrons. The molecule has 1 atom stereocenters. The van der Waals surface area contributed by atoms with Crippen LogP contribution in [0, 0.1) is 5.92 Å². The summed E-state index contributed by atoms with van der Waals surface area (Å²) in [5, 5.41) is 20.7. The van der Waals surface area contributed by atoms with E-state index < -0.39 is 6.10 Å². The number of aromatic nitrogens is 1. The molecule has 1 aromatic heterocycles. The molecule has 0 bridgehead atoms. The van der Waals surface area contributed by atoms with E-state index in [1.807, 2.05) is 18.2 Å². The van der Waals surface area contributed by atoms with E-state index >= 15 is 0 Å². The number of carbonyl (C=O) groups excluding carboxylic acids is 1. The third-order valence-corrected chi connectivity index (χ3v) is 4.69. The smallest absolute Gasteiger partial charge is 0.257 e. The molecular formula is C18H19ClN2O3. The van der Waals surface area contributed by atoms with Crippen molar-refractivity contribution in [2.24, 2.45) is 5.92 Å². The first-order chi connectivity index (χ1) is 11.6. The van der Waals surface area contributed by atoms with Gasteiger partial charge < -0.3 is 15.1 Å². The quantitative estimate of drug-likeness (QED) is 0.896. The summed E-state index contributed by atoms with van der Waals surface area (Å²) in [5.74, 6) is -0.238. The molecule has 2 heterocycles. The zero-order valence-corrected chi connectivity index (χ0v) is 13.9. The number of amides is 1. The van der Waals surface area contributed by atoms with Gasteiger partial charge in [-0.25, -0.2) is 0 Å². The van der Waals surface area contributed by atoms with Crippen molar-refractivity contribution in [3.05, 3.63) is 58.9 Å². The van der Waals surface area contributed by atoms with Crippen molar-refractivity contribution in [1.82, 2.24) is 9.88 Å². The maximum atomic E-state index is 12.6. The highest BCUT2D eigenvalue weighted by molar-refractivity contribution is 6.31. The second-order valence-corrected chi connectivity index (χ2v) is 6.43. The number of phenols is 1. The number of nitrogens with zero attached hydrogens (tertiary/aromatic N) is 2. The van der Waals surface area contributed by atoms with Gasteiger partial charge in [0.05, 0.1) is 17.4 Å². The maximum absolute atomic E-state index is 12.6. The van der Waals surface area contributed by atoms with E-state index in [9.17, 15) is 15.0 Å². The van der Waals surface area contributed by atoms with E-state index in [4.69, 9.17) is 11.6 Å². The van der Waals surface area contributed by atoms with Crippen molar-refractivity contribution in [1.29, 1.82) is 0 Å². The predicted molar refractivity (Wildman–Crippen MR) is 90.9 cm³/mol. The molecule has 1 fully saturated rings. The monoisotopic (exact) mass is 346 g/mol. The number of rotatable bonds is 3. The molecule has 3 rings (SSSR count). The molecule has 24 heavy (non-hydrogen) atoms. The number of likely N-dealkylation sites (tertiary alicyclic amines) is 1. The first-order valence-electron chi connectivity index (χ1n) is 7.93. The number of halogens is 1. The van der Waals surface area contributed by atoms with Crippen LogP contribution in [0.2, 0.25) is 5.02 Å². The standard InChI is InChI=1S/C18H19ClN2O3/c19-13-4-5-16(22)14(11-13)18(24)21-9-6-12(7-10-21)17(23)15-3-1-2-8-20-15/h1-5,8,11-12,17,22-23H,6-7,9-10H2. The first kappa shape index (κ1) is 16.7. The zero-order chi connectivity index (χ0) is 17.1. The molecule has 0 saturated carbocycles. The van der Waals surface area contributed by atoms with E-state index in [2.05, 4.69) is 4.98 Å². The molecule has 2 aromatic rings. The molecule has 1 amide bonds. The van der Waals surface area contributed by atoms with Crippen LogP contribution < -0.4 is 0 Å². The Labute approximate surface area is 145 Å².